The van der Waals surface area contributed by atoms with Crippen LogP contribution in [0.2, 0.25) is 0 Å². The average Bonchev–Trinajstić information content (AvgIpc) is 3.33. The van der Waals surface area contributed by atoms with Gasteiger partial charge in [0.1, 0.15) is 5.69 Å². The molecule has 1 atom stereocenters. The fourth-order valence-electron chi connectivity index (χ4n) is 3.38. The van der Waals surface area contributed by atoms with Gasteiger partial charge in [-0.2, -0.15) is 28.1 Å². The van der Waals surface area contributed by atoms with E-state index in [1.165, 1.54) is 25.1 Å². The highest BCUT2D eigenvalue weighted by molar-refractivity contribution is 5.92. The number of aromatic nitrogens is 4. The number of nitrogens with two attached hydrogens (primary N) is 1. The highest BCUT2D eigenvalue weighted by atomic mass is 19.4. The zero-order valence-corrected chi connectivity index (χ0v) is 17.8. The lowest BCUT2D eigenvalue weighted by Crippen LogP contribution is -2.30. The van der Waals surface area contributed by atoms with Crippen molar-refractivity contribution in [2.75, 3.05) is 5.73 Å². The quantitative estimate of drug-likeness (QED) is 0.386. The lowest BCUT2D eigenvalue weighted by Gasteiger charge is -2.17. The first-order valence-corrected chi connectivity index (χ1v) is 10.1. The van der Waals surface area contributed by atoms with E-state index in [0.29, 0.717) is 5.69 Å². The van der Waals surface area contributed by atoms with E-state index in [9.17, 15) is 22.8 Å². The Bertz CT molecular complexity index is 1400. The van der Waals surface area contributed by atoms with Crippen molar-refractivity contribution in [3.05, 3.63) is 94.0 Å². The van der Waals surface area contributed by atoms with E-state index in [4.69, 9.17) is 5.73 Å². The molecule has 2 heterocycles. The molecule has 0 saturated heterocycles. The predicted octanol–water partition coefficient (Wildman–Crippen LogP) is 3.71. The van der Waals surface area contributed by atoms with Crippen LogP contribution in [0.25, 0.3) is 16.9 Å². The molecule has 0 aliphatic carbocycles. The van der Waals surface area contributed by atoms with Gasteiger partial charge in [-0.25, -0.2) is 0 Å². The number of alkyl halides is 3. The molecule has 2 aromatic carbocycles. The first-order valence-electron chi connectivity index (χ1n) is 10.1. The van der Waals surface area contributed by atoms with Gasteiger partial charge in [-0.1, -0.05) is 12.1 Å². The number of nitrogen functional groups attached to an aromatic ring is 1. The van der Waals surface area contributed by atoms with Gasteiger partial charge in [0.2, 0.25) is 0 Å². The summed E-state index contributed by atoms with van der Waals surface area (Å²) in [6.45, 7) is 1.52. The smallest absolute Gasteiger partial charge is 0.399 e. The van der Waals surface area contributed by atoms with Crippen LogP contribution in [0.4, 0.5) is 18.9 Å². The molecule has 0 radical (unpaired) electrons. The Morgan fingerprint density at radius 1 is 1.12 bits per heavy atom. The van der Waals surface area contributed by atoms with Gasteiger partial charge >= 0.3 is 6.18 Å². The Morgan fingerprint density at radius 2 is 1.91 bits per heavy atom. The van der Waals surface area contributed by atoms with Crippen molar-refractivity contribution >= 4 is 11.6 Å². The van der Waals surface area contributed by atoms with Crippen molar-refractivity contribution in [1.29, 1.82) is 0 Å². The highest BCUT2D eigenvalue weighted by Crippen LogP contribution is 2.32. The Labute approximate surface area is 191 Å². The van der Waals surface area contributed by atoms with Gasteiger partial charge in [0, 0.05) is 23.5 Å². The van der Waals surface area contributed by atoms with Crippen LogP contribution < -0.4 is 16.6 Å². The largest absolute Gasteiger partial charge is 0.416 e. The van der Waals surface area contributed by atoms with Crippen LogP contribution in [0.5, 0.6) is 0 Å². The third-order valence-electron chi connectivity index (χ3n) is 5.09. The minimum atomic E-state index is -4.57. The Kier molecular flexibility index (Phi) is 5.93. The second-order valence-corrected chi connectivity index (χ2v) is 7.57. The number of aromatic amines is 1. The van der Waals surface area contributed by atoms with Gasteiger partial charge < -0.3 is 11.1 Å². The molecule has 1 amide bonds. The molecule has 0 fully saturated rings. The molecular weight excluding hydrogens is 449 g/mol. The Morgan fingerprint density at radius 3 is 2.62 bits per heavy atom. The van der Waals surface area contributed by atoms with Crippen LogP contribution in [-0.2, 0) is 6.18 Å². The minimum absolute atomic E-state index is 0.0743. The number of halogens is 3. The Hall–Kier alpha value is -4.41. The number of rotatable bonds is 5. The third kappa shape index (κ3) is 4.82. The standard InChI is InChI=1S/C23H19F3N6O2/c1-13(15-9-16(23(24,25)26)12-17(27)10-15)29-22(34)20-5-6-21(33)32(31-20)18-4-2-3-14(11-18)19-7-8-28-30-19/h2-13H,27H2,1H3,(H,28,30)(H,29,34)/t13-/m1/s1. The van der Waals surface area contributed by atoms with Gasteiger partial charge in [-0.3, -0.25) is 14.7 Å². The first kappa shape index (κ1) is 22.8. The van der Waals surface area contributed by atoms with Crippen molar-refractivity contribution < 1.29 is 18.0 Å². The zero-order valence-electron chi connectivity index (χ0n) is 17.8. The normalized spacial score (nSPS) is 12.4. The lowest BCUT2D eigenvalue weighted by atomic mass is 10.0. The average molecular weight is 468 g/mol. The fourth-order valence-corrected chi connectivity index (χ4v) is 3.38. The van der Waals surface area contributed by atoms with E-state index in [1.54, 1.807) is 30.5 Å². The van der Waals surface area contributed by atoms with Crippen molar-refractivity contribution in [3.63, 3.8) is 0 Å². The molecule has 4 N–H and O–H groups in total. The number of carbonyl (C=O) groups excluding carboxylic acids is 1. The van der Waals surface area contributed by atoms with Crippen LogP contribution in [0.15, 0.2) is 71.7 Å². The monoisotopic (exact) mass is 468 g/mol. The number of anilines is 1. The second-order valence-electron chi connectivity index (χ2n) is 7.57. The van der Waals surface area contributed by atoms with Crippen LogP contribution in [0, 0.1) is 0 Å². The fraction of sp³-hybridized carbons (Fsp3) is 0.130. The maximum Gasteiger partial charge on any atom is 0.416 e. The number of H-pyrrole nitrogens is 1. The molecule has 0 bridgehead atoms. The van der Waals surface area contributed by atoms with Crippen LogP contribution in [0.3, 0.4) is 0 Å². The summed E-state index contributed by atoms with van der Waals surface area (Å²) < 4.78 is 40.4. The number of nitrogens with one attached hydrogen (secondary N) is 2. The molecule has 0 unspecified atom stereocenters. The molecule has 0 aliphatic heterocycles. The van der Waals surface area contributed by atoms with Crippen LogP contribution in [0.1, 0.15) is 34.6 Å². The maximum atomic E-state index is 13.1. The van der Waals surface area contributed by atoms with Crippen LogP contribution in [-0.4, -0.2) is 25.9 Å². The third-order valence-corrected chi connectivity index (χ3v) is 5.09. The summed E-state index contributed by atoms with van der Waals surface area (Å²) >= 11 is 0. The summed E-state index contributed by atoms with van der Waals surface area (Å²) in [4.78, 5) is 25.2. The lowest BCUT2D eigenvalue weighted by molar-refractivity contribution is -0.137. The topological polar surface area (TPSA) is 119 Å². The van der Waals surface area contributed by atoms with Crippen LogP contribution >= 0.6 is 0 Å². The molecule has 174 valence electrons. The summed E-state index contributed by atoms with van der Waals surface area (Å²) in [5, 5.41) is 13.5. The van der Waals surface area contributed by atoms with Crippen molar-refractivity contribution in [2.45, 2.75) is 19.1 Å². The van der Waals surface area contributed by atoms with Gasteiger partial charge in [0.05, 0.1) is 23.0 Å². The molecule has 4 aromatic rings. The molecule has 0 spiro atoms. The van der Waals surface area contributed by atoms with E-state index in [1.807, 2.05) is 6.07 Å². The number of carbonyl (C=O) groups is 1. The summed E-state index contributed by atoms with van der Waals surface area (Å²) in [7, 11) is 0. The zero-order chi connectivity index (χ0) is 24.5. The van der Waals surface area contributed by atoms with Gasteiger partial charge in [-0.15, -0.1) is 0 Å². The van der Waals surface area contributed by atoms with Crippen molar-refractivity contribution in [3.8, 4) is 16.9 Å². The molecule has 8 nitrogen and oxygen atoms in total. The molecule has 4 rings (SSSR count). The van der Waals surface area contributed by atoms with Crippen molar-refractivity contribution in [1.82, 2.24) is 25.3 Å². The maximum absolute atomic E-state index is 13.1. The first-order chi connectivity index (χ1) is 16.1. The minimum Gasteiger partial charge on any atom is -0.399 e. The van der Waals surface area contributed by atoms with E-state index in [0.717, 1.165) is 28.1 Å². The SMILES string of the molecule is C[C@@H](NC(=O)c1ccc(=O)n(-c2cccc(-c3ccn[nH]3)c2)n1)c1cc(N)cc(C(F)(F)F)c1. The summed E-state index contributed by atoms with van der Waals surface area (Å²) in [6, 6.07) is 13.4. The summed E-state index contributed by atoms with van der Waals surface area (Å²) in [5.41, 5.74) is 6.18. The number of hydrogen-bond donors (Lipinski definition) is 3. The predicted molar refractivity (Wildman–Crippen MR) is 119 cm³/mol. The number of benzene rings is 2. The Balaban J connectivity index is 1.60. The highest BCUT2D eigenvalue weighted by Gasteiger charge is 2.31. The molecule has 11 heteroatoms. The number of amides is 1. The number of nitrogens with zero attached hydrogens (tertiary/aromatic N) is 3. The van der Waals surface area contributed by atoms with Gasteiger partial charge in [0.15, 0.2) is 0 Å². The van der Waals surface area contributed by atoms with E-state index in [-0.39, 0.29) is 16.9 Å². The van der Waals surface area contributed by atoms with E-state index < -0.39 is 29.2 Å². The molecule has 34 heavy (non-hydrogen) atoms. The number of hydrogen-bond acceptors (Lipinski definition) is 5. The molecule has 0 aliphatic rings. The van der Waals surface area contributed by atoms with E-state index >= 15 is 0 Å². The van der Waals surface area contributed by atoms with Gasteiger partial charge in [0.25, 0.3) is 11.5 Å². The van der Waals surface area contributed by atoms with E-state index in [2.05, 4.69) is 20.6 Å². The summed E-state index contributed by atoms with van der Waals surface area (Å²) in [5.74, 6) is -0.665. The molecule has 0 saturated carbocycles. The van der Waals surface area contributed by atoms with Crippen molar-refractivity contribution in [2.24, 2.45) is 0 Å². The molecular formula is C23H19F3N6O2. The molecule has 2 aromatic heterocycles. The van der Waals surface area contributed by atoms with Gasteiger partial charge in [-0.05, 0) is 55.0 Å². The second kappa shape index (κ2) is 8.85. The summed E-state index contributed by atoms with van der Waals surface area (Å²) in [6.07, 6.45) is -2.98.